The quantitative estimate of drug-likeness (QED) is 0.922. The van der Waals surface area contributed by atoms with Crippen LogP contribution in [0.4, 0.5) is 0 Å². The van der Waals surface area contributed by atoms with Crippen molar-refractivity contribution in [3.8, 4) is 0 Å². The summed E-state index contributed by atoms with van der Waals surface area (Å²) in [6, 6.07) is 16.8. The molecule has 1 fully saturated rings. The number of aromatic nitrogens is 1. The molecule has 3 nitrogen and oxygen atoms in total. The highest BCUT2D eigenvalue weighted by Crippen LogP contribution is 2.21. The second-order valence-electron chi connectivity index (χ2n) is 5.28. The van der Waals surface area contributed by atoms with Crippen molar-refractivity contribution in [2.24, 2.45) is 0 Å². The van der Waals surface area contributed by atoms with E-state index in [1.54, 1.807) is 0 Å². The fraction of sp³-hybridized carbons (Fsp3) is 0.353. The molecule has 1 saturated heterocycles. The zero-order chi connectivity index (χ0) is 13.6. The molecule has 1 N–H and O–H groups in total. The molecule has 20 heavy (non-hydrogen) atoms. The van der Waals surface area contributed by atoms with Gasteiger partial charge in [-0.2, -0.15) is 0 Å². The van der Waals surface area contributed by atoms with E-state index in [9.17, 15) is 0 Å². The van der Waals surface area contributed by atoms with Crippen LogP contribution in [0.25, 0.3) is 0 Å². The van der Waals surface area contributed by atoms with Gasteiger partial charge < -0.3 is 0 Å². The van der Waals surface area contributed by atoms with Gasteiger partial charge in [0.25, 0.3) is 0 Å². The molecule has 0 spiro atoms. The second-order valence-corrected chi connectivity index (χ2v) is 5.28. The summed E-state index contributed by atoms with van der Waals surface area (Å²) in [6.07, 6.45) is 5.76. The number of piperidine rings is 1. The van der Waals surface area contributed by atoms with Crippen molar-refractivity contribution in [3.05, 3.63) is 66.0 Å². The number of nitrogens with zero attached hydrogens (tertiary/aromatic N) is 2. The van der Waals surface area contributed by atoms with Crippen LogP contribution in [-0.4, -0.2) is 23.1 Å². The van der Waals surface area contributed by atoms with E-state index in [2.05, 4.69) is 57.9 Å². The molecule has 1 aromatic heterocycles. The topological polar surface area (TPSA) is 28.2 Å². The Hall–Kier alpha value is -1.71. The van der Waals surface area contributed by atoms with Crippen LogP contribution < -0.4 is 5.43 Å². The van der Waals surface area contributed by atoms with Gasteiger partial charge in [-0.05, 0) is 30.5 Å². The first-order chi connectivity index (χ1) is 9.93. The predicted molar refractivity (Wildman–Crippen MR) is 81.1 cm³/mol. The first kappa shape index (κ1) is 13.3. The highest BCUT2D eigenvalue weighted by Gasteiger charge is 2.19. The molecule has 0 radical (unpaired) electrons. The van der Waals surface area contributed by atoms with Gasteiger partial charge in [-0.3, -0.25) is 4.98 Å². The standard InChI is InChI=1S/C17H21N3/c1-3-9-15(10-4-1)17(16-11-5-6-12-18-16)19-20-13-7-2-8-14-20/h1,3-6,9-12,17,19H,2,7-8,13-14H2. The van der Waals surface area contributed by atoms with Gasteiger partial charge in [-0.15, -0.1) is 0 Å². The minimum Gasteiger partial charge on any atom is -0.259 e. The first-order valence-electron chi connectivity index (χ1n) is 7.40. The lowest BCUT2D eigenvalue weighted by atomic mass is 10.0. The summed E-state index contributed by atoms with van der Waals surface area (Å²) in [5.74, 6) is 0. The first-order valence-corrected chi connectivity index (χ1v) is 7.40. The lowest BCUT2D eigenvalue weighted by molar-refractivity contribution is 0.137. The maximum absolute atomic E-state index is 4.53. The largest absolute Gasteiger partial charge is 0.259 e. The number of rotatable bonds is 4. The number of pyridine rings is 1. The van der Waals surface area contributed by atoms with Crippen molar-refractivity contribution >= 4 is 0 Å². The van der Waals surface area contributed by atoms with Crippen LogP contribution >= 0.6 is 0 Å². The van der Waals surface area contributed by atoms with Crippen LogP contribution in [-0.2, 0) is 0 Å². The highest BCUT2D eigenvalue weighted by molar-refractivity contribution is 5.27. The summed E-state index contributed by atoms with van der Waals surface area (Å²) < 4.78 is 0. The Bertz CT molecular complexity index is 467. The number of hydrogen-bond acceptors (Lipinski definition) is 3. The third-order valence-corrected chi connectivity index (χ3v) is 3.78. The van der Waals surface area contributed by atoms with Gasteiger partial charge in [-0.25, -0.2) is 10.4 Å². The van der Waals surface area contributed by atoms with Crippen LogP contribution in [0.3, 0.4) is 0 Å². The van der Waals surface area contributed by atoms with Crippen LogP contribution in [0, 0.1) is 0 Å². The Morgan fingerprint density at radius 1 is 0.900 bits per heavy atom. The third kappa shape index (κ3) is 3.24. The van der Waals surface area contributed by atoms with Gasteiger partial charge in [-0.1, -0.05) is 42.8 Å². The Balaban J connectivity index is 1.83. The summed E-state index contributed by atoms with van der Waals surface area (Å²) in [5.41, 5.74) is 5.99. The van der Waals surface area contributed by atoms with Crippen LogP contribution in [0.1, 0.15) is 36.6 Å². The van der Waals surface area contributed by atoms with Crippen molar-refractivity contribution in [2.75, 3.05) is 13.1 Å². The van der Waals surface area contributed by atoms with Gasteiger partial charge in [0.2, 0.25) is 0 Å². The minimum atomic E-state index is 0.135. The minimum absolute atomic E-state index is 0.135. The molecule has 0 bridgehead atoms. The van der Waals surface area contributed by atoms with Crippen molar-refractivity contribution in [1.82, 2.24) is 15.4 Å². The van der Waals surface area contributed by atoms with E-state index in [0.29, 0.717) is 0 Å². The summed E-state index contributed by atoms with van der Waals surface area (Å²) in [7, 11) is 0. The monoisotopic (exact) mass is 267 g/mol. The number of hydrogen-bond donors (Lipinski definition) is 1. The predicted octanol–water partition coefficient (Wildman–Crippen LogP) is 3.16. The molecule has 0 amide bonds. The van der Waals surface area contributed by atoms with E-state index in [1.165, 1.54) is 24.8 Å². The lowest BCUT2D eigenvalue weighted by Gasteiger charge is -2.31. The average Bonchev–Trinajstić information content (AvgIpc) is 2.55. The van der Waals surface area contributed by atoms with E-state index in [4.69, 9.17) is 0 Å². The molecule has 1 aliphatic rings. The fourth-order valence-electron chi connectivity index (χ4n) is 2.71. The molecule has 1 unspecified atom stereocenters. The number of benzene rings is 1. The van der Waals surface area contributed by atoms with E-state index in [0.717, 1.165) is 18.8 Å². The van der Waals surface area contributed by atoms with Crippen molar-refractivity contribution in [3.63, 3.8) is 0 Å². The molecular weight excluding hydrogens is 246 g/mol. The molecule has 1 aromatic carbocycles. The smallest absolute Gasteiger partial charge is 0.0886 e. The summed E-state index contributed by atoms with van der Waals surface area (Å²) in [4.78, 5) is 4.53. The second kappa shape index (κ2) is 6.64. The van der Waals surface area contributed by atoms with Crippen LogP contribution in [0.5, 0.6) is 0 Å². The van der Waals surface area contributed by atoms with E-state index in [1.807, 2.05) is 12.3 Å². The Morgan fingerprint density at radius 3 is 2.35 bits per heavy atom. The molecule has 3 rings (SSSR count). The SMILES string of the molecule is c1ccc(C(NN2CCCCC2)c2ccccn2)cc1. The van der Waals surface area contributed by atoms with Crippen LogP contribution in [0.15, 0.2) is 54.7 Å². The molecule has 0 aliphatic carbocycles. The van der Waals surface area contributed by atoms with E-state index in [-0.39, 0.29) is 6.04 Å². The Morgan fingerprint density at radius 2 is 1.65 bits per heavy atom. The summed E-state index contributed by atoms with van der Waals surface area (Å²) >= 11 is 0. The van der Waals surface area contributed by atoms with E-state index < -0.39 is 0 Å². The zero-order valence-electron chi connectivity index (χ0n) is 11.7. The molecule has 1 aliphatic heterocycles. The number of nitrogens with one attached hydrogen (secondary N) is 1. The van der Waals surface area contributed by atoms with Crippen molar-refractivity contribution in [1.29, 1.82) is 0 Å². The average molecular weight is 267 g/mol. The Labute approximate surface area is 120 Å². The van der Waals surface area contributed by atoms with Gasteiger partial charge in [0.15, 0.2) is 0 Å². The molecule has 1 atom stereocenters. The number of hydrazine groups is 1. The molecule has 2 aromatic rings. The maximum Gasteiger partial charge on any atom is 0.0886 e. The third-order valence-electron chi connectivity index (χ3n) is 3.78. The molecule has 3 heteroatoms. The normalized spacial score (nSPS) is 17.8. The Kier molecular flexibility index (Phi) is 4.41. The molecule has 104 valence electrons. The summed E-state index contributed by atoms with van der Waals surface area (Å²) in [6.45, 7) is 2.24. The maximum atomic E-state index is 4.53. The molecule has 2 heterocycles. The lowest BCUT2D eigenvalue weighted by Crippen LogP contribution is -2.44. The van der Waals surface area contributed by atoms with Gasteiger partial charge in [0, 0.05) is 19.3 Å². The molecular formula is C17H21N3. The van der Waals surface area contributed by atoms with Crippen molar-refractivity contribution < 1.29 is 0 Å². The van der Waals surface area contributed by atoms with Crippen molar-refractivity contribution in [2.45, 2.75) is 25.3 Å². The molecule has 0 saturated carbocycles. The fourth-order valence-corrected chi connectivity index (χ4v) is 2.71. The van der Waals surface area contributed by atoms with Gasteiger partial charge in [0.05, 0.1) is 11.7 Å². The highest BCUT2D eigenvalue weighted by atomic mass is 15.5. The van der Waals surface area contributed by atoms with Gasteiger partial charge >= 0.3 is 0 Å². The van der Waals surface area contributed by atoms with Crippen LogP contribution in [0.2, 0.25) is 0 Å². The summed E-state index contributed by atoms with van der Waals surface area (Å²) in [5, 5.41) is 2.34. The van der Waals surface area contributed by atoms with Gasteiger partial charge in [0.1, 0.15) is 0 Å². The zero-order valence-corrected chi connectivity index (χ0v) is 11.7. The van der Waals surface area contributed by atoms with E-state index >= 15 is 0 Å².